The fraction of sp³-hybridized carbons (Fsp3) is 0.429. The van der Waals surface area contributed by atoms with Crippen molar-refractivity contribution in [1.29, 1.82) is 5.26 Å². The van der Waals surface area contributed by atoms with Crippen molar-refractivity contribution in [2.75, 3.05) is 39.9 Å². The van der Waals surface area contributed by atoms with Crippen LogP contribution >= 0.6 is 8.53 Å². The predicted molar refractivity (Wildman–Crippen MR) is 216 cm³/mol. The molecule has 1 fully saturated rings. The van der Waals surface area contributed by atoms with E-state index in [4.69, 9.17) is 32.7 Å². The number of nitriles is 1. The van der Waals surface area contributed by atoms with Crippen LogP contribution in [0.1, 0.15) is 64.0 Å². The maximum absolute atomic E-state index is 13.6. The number of carbonyl (C=O) groups is 1. The van der Waals surface area contributed by atoms with E-state index >= 15 is 0 Å². The molecule has 0 aliphatic carbocycles. The fourth-order valence-corrected chi connectivity index (χ4v) is 8.75. The molecule has 5 rings (SSSR count). The minimum Gasteiger partial charge on any atom is -0.497 e. The van der Waals surface area contributed by atoms with E-state index < -0.39 is 44.4 Å². The molecule has 1 aliphatic heterocycles. The van der Waals surface area contributed by atoms with Gasteiger partial charge in [0.05, 0.1) is 39.9 Å². The summed E-state index contributed by atoms with van der Waals surface area (Å²) in [5.74, 6) is 1.11. The normalized spacial score (nSPS) is 18.8. The third-order valence-electron chi connectivity index (χ3n) is 9.48. The van der Waals surface area contributed by atoms with Crippen molar-refractivity contribution in [1.82, 2.24) is 14.2 Å². The summed E-state index contributed by atoms with van der Waals surface area (Å²) >= 11 is 0. The molecule has 2 heterocycles. The molecule has 0 spiro atoms. The molecule has 1 amide bonds. The zero-order valence-corrected chi connectivity index (χ0v) is 34.6. The van der Waals surface area contributed by atoms with Crippen LogP contribution < -0.4 is 20.5 Å². The van der Waals surface area contributed by atoms with E-state index in [9.17, 15) is 14.9 Å². The van der Waals surface area contributed by atoms with Gasteiger partial charge in [0.2, 0.25) is 5.91 Å². The molecule has 0 bridgehead atoms. The van der Waals surface area contributed by atoms with Crippen LogP contribution in [0.5, 0.6) is 11.5 Å². The van der Waals surface area contributed by atoms with Crippen LogP contribution in [0.15, 0.2) is 95.9 Å². The number of nitrogens with zero attached hydrogens (tertiary/aromatic N) is 4. The second kappa shape index (κ2) is 20.1. The lowest BCUT2D eigenvalue weighted by Gasteiger charge is -2.39. The van der Waals surface area contributed by atoms with E-state index in [1.807, 2.05) is 78.9 Å². The Bertz CT molecular complexity index is 1930. The van der Waals surface area contributed by atoms with Gasteiger partial charge in [0.15, 0.2) is 6.23 Å². The van der Waals surface area contributed by atoms with Crippen molar-refractivity contribution >= 4 is 20.3 Å². The number of ether oxygens (including phenoxy) is 5. The zero-order valence-electron chi connectivity index (χ0n) is 33.7. The highest BCUT2D eigenvalue weighted by Crippen LogP contribution is 2.51. The Morgan fingerprint density at radius 1 is 0.912 bits per heavy atom. The minimum absolute atomic E-state index is 0.0102. The smallest absolute Gasteiger partial charge is 0.351 e. The maximum atomic E-state index is 13.6. The Morgan fingerprint density at radius 3 is 1.98 bits per heavy atom. The zero-order chi connectivity index (χ0) is 41.1. The topological polar surface area (TPSA) is 156 Å². The van der Waals surface area contributed by atoms with Gasteiger partial charge in [0, 0.05) is 32.3 Å². The van der Waals surface area contributed by atoms with E-state index in [-0.39, 0.29) is 43.4 Å². The van der Waals surface area contributed by atoms with E-state index in [1.54, 1.807) is 14.2 Å². The van der Waals surface area contributed by atoms with Gasteiger partial charge in [-0.3, -0.25) is 9.36 Å². The van der Waals surface area contributed by atoms with Crippen LogP contribution in [0.25, 0.3) is 0 Å². The molecule has 57 heavy (non-hydrogen) atoms. The molecule has 14 nitrogen and oxygen atoms in total. The third kappa shape index (κ3) is 10.1. The molecular formula is C42H52N5O9P. The molecule has 4 aromatic rings. The Labute approximate surface area is 335 Å². The summed E-state index contributed by atoms with van der Waals surface area (Å²) in [5, 5.41) is 11.9. The Hall–Kier alpha value is -4.71. The highest BCUT2D eigenvalue weighted by molar-refractivity contribution is 7.44. The standard InChI is InChI=1S/C42H52N5O9P/c1-28(2)47(29(3)4)57(54-26-12-24-43)56-38-36(55-40(39(38)52-8)46-25-23-37(44-30(5)48)45-41(46)49)27-53-42(31-13-10-9-11-14-31,32-15-19-34(50-6)20-16-32)33-17-21-35(51-7)22-18-33/h9-11,13-23,25,28-29,36,38-40H,12,26-27H2,1-8H3,(H,44,45,48,49)/t36?,38-,39-,40+,57?/m0/s1. The fourth-order valence-electron chi connectivity index (χ4n) is 6.98. The molecule has 0 radical (unpaired) electrons. The number of hydrogen-bond acceptors (Lipinski definition) is 12. The molecule has 1 aliphatic rings. The first-order valence-corrected chi connectivity index (χ1v) is 19.9. The number of amides is 1. The lowest BCUT2D eigenvalue weighted by molar-refractivity contribution is -0.114. The quantitative estimate of drug-likeness (QED) is 0.0602. The first-order chi connectivity index (χ1) is 27.5. The number of benzene rings is 3. The van der Waals surface area contributed by atoms with Crippen molar-refractivity contribution in [2.45, 2.75) is 83.3 Å². The number of anilines is 1. The average Bonchev–Trinajstić information content (AvgIpc) is 3.54. The molecule has 0 saturated carbocycles. The number of methoxy groups -OCH3 is 3. The van der Waals surface area contributed by atoms with Crippen LogP contribution in [-0.2, 0) is 33.7 Å². The SMILES string of the molecule is COc1ccc(C(OCC2O[C@@H](n3ccc(NC(C)=O)nc3=O)[C@@H](OC)[C@H]2OP(OCCC#N)N(C(C)C)C(C)C)(c2ccccc2)c2ccc(OC)cc2)cc1. The van der Waals surface area contributed by atoms with Crippen LogP contribution in [0.3, 0.4) is 0 Å². The van der Waals surface area contributed by atoms with Gasteiger partial charge in [-0.15, -0.1) is 0 Å². The van der Waals surface area contributed by atoms with Gasteiger partial charge >= 0.3 is 5.69 Å². The molecule has 2 unspecified atom stereocenters. The summed E-state index contributed by atoms with van der Waals surface area (Å²) in [6, 6.07) is 29.0. The van der Waals surface area contributed by atoms with Gasteiger partial charge in [-0.1, -0.05) is 54.6 Å². The first-order valence-electron chi connectivity index (χ1n) is 18.8. The van der Waals surface area contributed by atoms with Gasteiger partial charge < -0.3 is 38.0 Å². The van der Waals surface area contributed by atoms with Crippen LogP contribution in [-0.4, -0.2) is 85.1 Å². The summed E-state index contributed by atoms with van der Waals surface area (Å²) in [6.07, 6.45) is -1.90. The van der Waals surface area contributed by atoms with Crippen LogP contribution in [0.4, 0.5) is 5.82 Å². The minimum atomic E-state index is -1.79. The summed E-state index contributed by atoms with van der Waals surface area (Å²) in [7, 11) is 2.97. The lowest BCUT2D eigenvalue weighted by Crippen LogP contribution is -2.43. The largest absolute Gasteiger partial charge is 0.497 e. The molecular weight excluding hydrogens is 749 g/mol. The van der Waals surface area contributed by atoms with E-state index in [2.05, 4.69) is 48.7 Å². The van der Waals surface area contributed by atoms with Crippen LogP contribution in [0, 0.1) is 11.3 Å². The summed E-state index contributed by atoms with van der Waals surface area (Å²) in [6.45, 7) is 9.63. The number of carbonyl (C=O) groups excluding carboxylic acids is 1. The molecule has 1 saturated heterocycles. The highest BCUT2D eigenvalue weighted by Gasteiger charge is 2.51. The Balaban J connectivity index is 1.65. The Morgan fingerprint density at radius 2 is 1.49 bits per heavy atom. The van der Waals surface area contributed by atoms with Gasteiger partial charge in [-0.05, 0) is 74.7 Å². The van der Waals surface area contributed by atoms with E-state index in [0.29, 0.717) is 11.5 Å². The summed E-state index contributed by atoms with van der Waals surface area (Å²) in [4.78, 5) is 29.4. The molecule has 5 atom stereocenters. The second-order valence-electron chi connectivity index (χ2n) is 13.9. The molecule has 3 aromatic carbocycles. The number of aromatic nitrogens is 2. The molecule has 15 heteroatoms. The van der Waals surface area contributed by atoms with E-state index in [0.717, 1.165) is 16.7 Å². The van der Waals surface area contributed by atoms with E-state index in [1.165, 1.54) is 30.9 Å². The van der Waals surface area contributed by atoms with Crippen molar-refractivity contribution in [3.8, 4) is 17.6 Å². The maximum Gasteiger partial charge on any atom is 0.351 e. The van der Waals surface area contributed by atoms with Gasteiger partial charge in [0.25, 0.3) is 8.53 Å². The monoisotopic (exact) mass is 801 g/mol. The third-order valence-corrected chi connectivity index (χ3v) is 11.6. The second-order valence-corrected chi connectivity index (χ2v) is 15.3. The number of nitrogens with one attached hydrogen (secondary N) is 1. The number of rotatable bonds is 19. The van der Waals surface area contributed by atoms with Gasteiger partial charge in [-0.2, -0.15) is 10.2 Å². The molecule has 304 valence electrons. The number of hydrogen-bond donors (Lipinski definition) is 1. The predicted octanol–water partition coefficient (Wildman–Crippen LogP) is 6.80. The van der Waals surface area contributed by atoms with Crippen LogP contribution in [0.2, 0.25) is 0 Å². The summed E-state index contributed by atoms with van der Waals surface area (Å²) in [5.41, 5.74) is 0.622. The lowest BCUT2D eigenvalue weighted by atomic mass is 9.80. The Kier molecular flexibility index (Phi) is 15.3. The van der Waals surface area contributed by atoms with Crippen molar-refractivity contribution < 1.29 is 37.5 Å². The first kappa shape index (κ1) is 43.4. The summed E-state index contributed by atoms with van der Waals surface area (Å²) < 4.78 is 48.0. The molecule has 1 aromatic heterocycles. The van der Waals surface area contributed by atoms with Gasteiger partial charge in [-0.25, -0.2) is 9.46 Å². The molecule has 1 N–H and O–H groups in total. The average molecular weight is 802 g/mol. The van der Waals surface area contributed by atoms with Crippen molar-refractivity contribution in [2.24, 2.45) is 0 Å². The van der Waals surface area contributed by atoms with Crippen molar-refractivity contribution in [3.63, 3.8) is 0 Å². The highest BCUT2D eigenvalue weighted by atomic mass is 31.2. The van der Waals surface area contributed by atoms with Gasteiger partial charge in [0.1, 0.15) is 41.2 Å². The van der Waals surface area contributed by atoms with Crippen molar-refractivity contribution in [3.05, 3.63) is 118 Å².